The van der Waals surface area contributed by atoms with Crippen LogP contribution in [0.5, 0.6) is 0 Å². The molecular formula is C78H51B3N6. The maximum absolute atomic E-state index is 3.83. The first-order valence-electron chi connectivity index (χ1n) is 30.3. The minimum atomic E-state index is 0.0481. The summed E-state index contributed by atoms with van der Waals surface area (Å²) in [5, 5.41) is 11.5. The molecule has 13 aromatic rings. The first-order chi connectivity index (χ1) is 43.1. The molecule has 0 saturated heterocycles. The Morgan fingerprint density at radius 1 is 0.195 bits per heavy atom. The maximum atomic E-state index is 3.83. The second-order valence-electron chi connectivity index (χ2n) is 23.8. The Kier molecular flexibility index (Phi) is 10.4. The highest BCUT2D eigenvalue weighted by molar-refractivity contribution is 7.01. The highest BCUT2D eigenvalue weighted by Crippen LogP contribution is 2.46. The van der Waals surface area contributed by atoms with E-state index in [-0.39, 0.29) is 20.1 Å². The van der Waals surface area contributed by atoms with Crippen LogP contribution in [0.15, 0.2) is 291 Å². The molecule has 0 bridgehead atoms. The van der Waals surface area contributed by atoms with Gasteiger partial charge in [0, 0.05) is 85.3 Å². The van der Waals surface area contributed by atoms with Crippen LogP contribution in [0.1, 0.15) is 0 Å². The number of para-hydroxylation sites is 6. The van der Waals surface area contributed by atoms with Crippen molar-refractivity contribution in [3.05, 3.63) is 291 Å². The number of fused-ring (bicyclic) bond motifs is 12. The number of nitrogens with one attached hydrogen (secondary N) is 3. The molecule has 0 spiro atoms. The van der Waals surface area contributed by atoms with Gasteiger partial charge in [0.25, 0.3) is 20.1 Å². The van der Waals surface area contributed by atoms with Gasteiger partial charge in [0.05, 0.1) is 0 Å². The molecule has 402 valence electrons. The normalized spacial score (nSPS) is 13.7. The summed E-state index contributed by atoms with van der Waals surface area (Å²) < 4.78 is 0. The van der Waals surface area contributed by atoms with Gasteiger partial charge in [-0.3, -0.25) is 0 Å². The number of nitrogens with zero attached hydrogens (tertiary/aromatic N) is 3. The van der Waals surface area contributed by atoms with Crippen LogP contribution in [0.25, 0.3) is 33.4 Å². The smallest absolute Gasteiger partial charge is 0.252 e. The summed E-state index contributed by atoms with van der Waals surface area (Å²) in [5.41, 5.74) is 35.9. The molecule has 0 amide bonds. The Bertz CT molecular complexity index is 4520. The summed E-state index contributed by atoms with van der Waals surface area (Å²) in [4.78, 5) is 7.46. The van der Waals surface area contributed by atoms with E-state index in [2.05, 4.69) is 322 Å². The van der Waals surface area contributed by atoms with Crippen LogP contribution in [0.3, 0.4) is 0 Å². The van der Waals surface area contributed by atoms with Crippen molar-refractivity contribution in [2.45, 2.75) is 0 Å². The fourth-order valence-corrected chi connectivity index (χ4v) is 15.5. The number of hydrogen-bond acceptors (Lipinski definition) is 6. The van der Waals surface area contributed by atoms with Crippen molar-refractivity contribution in [2.24, 2.45) is 0 Å². The van der Waals surface area contributed by atoms with E-state index >= 15 is 0 Å². The molecule has 9 heteroatoms. The number of rotatable bonds is 6. The summed E-state index contributed by atoms with van der Waals surface area (Å²) in [5.74, 6) is 0. The first-order valence-corrected chi connectivity index (χ1v) is 30.3. The van der Waals surface area contributed by atoms with Crippen molar-refractivity contribution in [1.82, 2.24) is 0 Å². The third-order valence-electron chi connectivity index (χ3n) is 19.2. The summed E-state index contributed by atoms with van der Waals surface area (Å²) in [7, 11) is 0. The van der Waals surface area contributed by atoms with E-state index in [1.807, 2.05) is 0 Å². The third-order valence-corrected chi connectivity index (χ3v) is 19.2. The van der Waals surface area contributed by atoms with Gasteiger partial charge in [0.2, 0.25) is 0 Å². The van der Waals surface area contributed by atoms with Crippen LogP contribution < -0.4 is 79.8 Å². The van der Waals surface area contributed by atoms with Crippen LogP contribution in [0.2, 0.25) is 0 Å². The fourth-order valence-electron chi connectivity index (χ4n) is 15.5. The molecule has 6 aliphatic heterocycles. The van der Waals surface area contributed by atoms with E-state index in [0.717, 1.165) is 84.6 Å². The van der Waals surface area contributed by atoms with Gasteiger partial charge in [-0.1, -0.05) is 164 Å². The van der Waals surface area contributed by atoms with Crippen LogP contribution in [0, 0.1) is 0 Å². The van der Waals surface area contributed by atoms with E-state index in [9.17, 15) is 0 Å². The van der Waals surface area contributed by atoms with E-state index in [4.69, 9.17) is 0 Å². The van der Waals surface area contributed by atoms with Crippen molar-refractivity contribution in [3.63, 3.8) is 0 Å². The number of benzene rings is 13. The molecule has 6 heterocycles. The zero-order valence-corrected chi connectivity index (χ0v) is 47.3. The summed E-state index contributed by atoms with van der Waals surface area (Å²) >= 11 is 0. The van der Waals surface area contributed by atoms with Crippen LogP contribution in [0.4, 0.5) is 85.3 Å². The second-order valence-corrected chi connectivity index (χ2v) is 23.8. The van der Waals surface area contributed by atoms with Gasteiger partial charge in [0.15, 0.2) is 0 Å². The van der Waals surface area contributed by atoms with Crippen molar-refractivity contribution in [3.8, 4) is 33.4 Å². The molecule has 0 unspecified atom stereocenters. The Hall–Kier alpha value is -11.1. The Labute approximate surface area is 506 Å². The highest BCUT2D eigenvalue weighted by atomic mass is 15.2. The molecular weight excluding hydrogens is 1050 g/mol. The molecule has 19 rings (SSSR count). The average molecular weight is 1100 g/mol. The van der Waals surface area contributed by atoms with Gasteiger partial charge in [0.1, 0.15) is 0 Å². The lowest BCUT2D eigenvalue weighted by atomic mass is 9.33. The topological polar surface area (TPSA) is 45.8 Å². The summed E-state index contributed by atoms with van der Waals surface area (Å²) in [6.07, 6.45) is 0. The summed E-state index contributed by atoms with van der Waals surface area (Å²) in [6.45, 7) is 0.144. The summed E-state index contributed by atoms with van der Waals surface area (Å²) in [6, 6.07) is 109. The van der Waals surface area contributed by atoms with Crippen molar-refractivity contribution in [1.29, 1.82) is 0 Å². The van der Waals surface area contributed by atoms with Crippen molar-refractivity contribution < 1.29 is 0 Å². The lowest BCUT2D eigenvalue weighted by Crippen LogP contribution is -2.60. The molecule has 6 nitrogen and oxygen atoms in total. The number of anilines is 15. The number of hydrogen-bond donors (Lipinski definition) is 3. The molecule has 0 saturated carbocycles. The Morgan fingerprint density at radius 3 is 0.782 bits per heavy atom. The Morgan fingerprint density at radius 2 is 0.471 bits per heavy atom. The van der Waals surface area contributed by atoms with Gasteiger partial charge in [-0.05, 0) is 210 Å². The molecule has 87 heavy (non-hydrogen) atoms. The predicted molar refractivity (Wildman–Crippen MR) is 370 cm³/mol. The van der Waals surface area contributed by atoms with Crippen molar-refractivity contribution in [2.75, 3.05) is 30.7 Å². The monoisotopic (exact) mass is 1100 g/mol. The van der Waals surface area contributed by atoms with E-state index in [1.165, 1.54) is 83.3 Å². The van der Waals surface area contributed by atoms with E-state index in [0.29, 0.717) is 0 Å². The van der Waals surface area contributed by atoms with E-state index in [1.54, 1.807) is 0 Å². The van der Waals surface area contributed by atoms with Gasteiger partial charge >= 0.3 is 0 Å². The molecule has 0 atom stereocenters. The van der Waals surface area contributed by atoms with Crippen LogP contribution in [-0.2, 0) is 0 Å². The predicted octanol–water partition coefficient (Wildman–Crippen LogP) is 13.8. The quantitative estimate of drug-likeness (QED) is 0.144. The molecule has 0 aromatic heterocycles. The molecule has 3 N–H and O–H groups in total. The van der Waals surface area contributed by atoms with Gasteiger partial charge in [-0.15, -0.1) is 0 Å². The average Bonchev–Trinajstić information content (AvgIpc) is 1.13. The molecule has 0 aliphatic carbocycles. The fraction of sp³-hybridized carbons (Fsp3) is 0. The molecule has 0 radical (unpaired) electrons. The SMILES string of the molecule is c1ccc(N2c3cc(-c4cc(-c5ccc6c(c5)N(c5ccccc5)c5cccc7c5B6c5ccccc5N7)cc(-c5ccc6c(c5)N(c5ccccc5)c5cccc7c5B6c5ccccc5N7)c4)ccc3B3c4ccccc4Nc4cccc2c43)cc1. The zero-order valence-electron chi connectivity index (χ0n) is 47.3. The molecule has 0 fully saturated rings. The highest BCUT2D eigenvalue weighted by Gasteiger charge is 2.44. The van der Waals surface area contributed by atoms with Crippen molar-refractivity contribution >= 4 is 155 Å². The minimum absolute atomic E-state index is 0.0481. The van der Waals surface area contributed by atoms with Gasteiger partial charge in [-0.25, -0.2) is 0 Å². The standard InChI is InChI=1S/C78H51B3N6/c1-4-19-55(20-5-1)85-70-34-16-31-67-76(70)79(58-25-10-13-28-64(58)82-67)61-40-37-49(46-73(61)85)52-43-53(50-38-41-62-74(47-50)86(56-21-6-2-7-22-56)71-35-17-32-68-77(71)80(62)59-26-11-14-29-65(59)83-68)45-54(44-52)51-39-42-63-75(48-51)87(57-23-8-3-9-24-57)72-36-18-33-69-78(72)81(63)60-27-12-15-30-66(60)84-69/h1-48,82-84H. The lowest BCUT2D eigenvalue weighted by molar-refractivity contribution is 1.29. The Balaban J connectivity index is 0.844. The minimum Gasteiger partial charge on any atom is -0.356 e. The van der Waals surface area contributed by atoms with E-state index < -0.39 is 0 Å². The largest absolute Gasteiger partial charge is 0.356 e. The van der Waals surface area contributed by atoms with Crippen LogP contribution >= 0.6 is 0 Å². The first kappa shape index (κ1) is 48.3. The molecule has 6 aliphatic rings. The maximum Gasteiger partial charge on any atom is 0.252 e. The van der Waals surface area contributed by atoms with Gasteiger partial charge < -0.3 is 30.7 Å². The lowest BCUT2D eigenvalue weighted by Gasteiger charge is -2.41. The molecule has 13 aromatic carbocycles. The third kappa shape index (κ3) is 7.20. The zero-order chi connectivity index (χ0) is 56.8. The van der Waals surface area contributed by atoms with Crippen LogP contribution in [-0.4, -0.2) is 20.1 Å². The van der Waals surface area contributed by atoms with Gasteiger partial charge in [-0.2, -0.15) is 0 Å². The second kappa shape index (κ2) is 18.7.